The number of hydrogen-bond acceptors (Lipinski definition) is 5. The lowest BCUT2D eigenvalue weighted by molar-refractivity contribution is -0.352. The number of nitrogens with two attached hydrogens (primary N) is 1. The molecule has 1 fully saturated rings. The molecule has 0 bridgehead atoms. The van der Waals surface area contributed by atoms with Gasteiger partial charge in [0.1, 0.15) is 11.5 Å². The molecule has 0 spiro atoms. The Hall–Kier alpha value is -2.67. The summed E-state index contributed by atoms with van der Waals surface area (Å²) in [6.45, 7) is 7.24. The van der Waals surface area contributed by atoms with Crippen molar-refractivity contribution >= 4 is 29.4 Å². The van der Waals surface area contributed by atoms with Crippen LogP contribution in [-0.4, -0.2) is 38.9 Å². The van der Waals surface area contributed by atoms with Gasteiger partial charge >= 0.3 is 5.75 Å². The van der Waals surface area contributed by atoms with E-state index >= 15 is 0 Å². The minimum absolute atomic E-state index is 0.0926. The van der Waals surface area contributed by atoms with Crippen molar-refractivity contribution in [3.05, 3.63) is 57.2 Å². The predicted octanol–water partition coefficient (Wildman–Crippen LogP) is 4.33. The molecule has 7 heteroatoms. The van der Waals surface area contributed by atoms with E-state index in [0.29, 0.717) is 45.0 Å². The van der Waals surface area contributed by atoms with Crippen LogP contribution >= 0.6 is 11.6 Å². The Morgan fingerprint density at radius 1 is 1.35 bits per heavy atom. The second-order valence-electron chi connectivity index (χ2n) is 8.24. The summed E-state index contributed by atoms with van der Waals surface area (Å²) < 4.78 is 17.3. The average Bonchev–Trinajstić information content (AvgIpc) is 2.75. The van der Waals surface area contributed by atoms with Gasteiger partial charge in [-0.1, -0.05) is 30.7 Å². The Morgan fingerprint density at radius 3 is 2.77 bits per heavy atom. The highest BCUT2D eigenvalue weighted by Crippen LogP contribution is 2.46. The van der Waals surface area contributed by atoms with Crippen LogP contribution in [0.4, 0.5) is 0 Å². The lowest BCUT2D eigenvalue weighted by atomic mass is 9.73. The third-order valence-corrected chi connectivity index (χ3v) is 6.49. The summed E-state index contributed by atoms with van der Waals surface area (Å²) in [5.74, 6) is 1.28. The van der Waals surface area contributed by atoms with Crippen LogP contribution in [0.2, 0.25) is 5.02 Å². The van der Waals surface area contributed by atoms with Gasteiger partial charge in [-0.05, 0) is 38.1 Å². The van der Waals surface area contributed by atoms with Crippen LogP contribution in [0.1, 0.15) is 18.9 Å². The molecular weight excluding hydrogens is 416 g/mol. The molecule has 1 aliphatic heterocycles. The number of piperidine rings is 1. The average molecular weight is 442 g/mol. The Morgan fingerprint density at radius 2 is 2.13 bits per heavy atom. The molecule has 1 unspecified atom stereocenters. The summed E-state index contributed by atoms with van der Waals surface area (Å²) in [5.41, 5.74) is 7.77. The molecule has 0 saturated carbocycles. The molecular formula is C24H26ClN2O4+. The predicted molar refractivity (Wildman–Crippen MR) is 123 cm³/mol. The molecule has 2 N–H and O–H groups in total. The van der Waals surface area contributed by atoms with Gasteiger partial charge in [-0.2, -0.15) is 0 Å². The van der Waals surface area contributed by atoms with Crippen LogP contribution in [0.25, 0.3) is 22.3 Å². The summed E-state index contributed by atoms with van der Waals surface area (Å²) in [7, 11) is 3.64. The second-order valence-corrected chi connectivity index (χ2v) is 8.68. The number of benzene rings is 2. The lowest BCUT2D eigenvalue weighted by Crippen LogP contribution is -2.53. The maximum atomic E-state index is 13.2. The van der Waals surface area contributed by atoms with E-state index in [1.54, 1.807) is 25.3 Å². The summed E-state index contributed by atoms with van der Waals surface area (Å²) >= 11 is 6.16. The van der Waals surface area contributed by atoms with Crippen molar-refractivity contribution in [2.24, 2.45) is 11.7 Å². The SMILES string of the molecule is C=[O+]c1cc(OC)c(C2(N)CCN(C)C[C@H]2C)c2oc(-c3cccc(Cl)c3)cc(=O)c12. The van der Waals surface area contributed by atoms with Crippen LogP contribution in [0, 0.1) is 5.92 Å². The first-order valence-electron chi connectivity index (χ1n) is 10.1. The Kier molecular flexibility index (Phi) is 5.64. The third kappa shape index (κ3) is 3.65. The molecule has 0 aliphatic carbocycles. The number of rotatable bonds is 4. The minimum atomic E-state index is -0.751. The second kappa shape index (κ2) is 8.11. The van der Waals surface area contributed by atoms with Crippen molar-refractivity contribution < 1.29 is 13.6 Å². The lowest BCUT2D eigenvalue weighted by Gasteiger charge is -2.43. The summed E-state index contributed by atoms with van der Waals surface area (Å²) in [6.07, 6.45) is 0.686. The van der Waals surface area contributed by atoms with E-state index in [0.717, 1.165) is 13.1 Å². The van der Waals surface area contributed by atoms with E-state index in [4.69, 9.17) is 30.9 Å². The highest BCUT2D eigenvalue weighted by molar-refractivity contribution is 6.30. The van der Waals surface area contributed by atoms with Gasteiger partial charge in [0, 0.05) is 23.2 Å². The van der Waals surface area contributed by atoms with Gasteiger partial charge in [0.15, 0.2) is 11.0 Å². The number of carbonyl (C=O) groups excluding carboxylic acids is 1. The summed E-state index contributed by atoms with van der Waals surface area (Å²) in [6, 6.07) is 10.3. The van der Waals surface area contributed by atoms with Gasteiger partial charge in [0.25, 0.3) is 6.79 Å². The number of methoxy groups -OCH3 is 1. The zero-order valence-electron chi connectivity index (χ0n) is 17.9. The van der Waals surface area contributed by atoms with Gasteiger partial charge in [-0.15, -0.1) is 0 Å². The largest absolute Gasteiger partial charge is 0.496 e. The topological polar surface area (TPSA) is 80.0 Å². The molecule has 2 aromatic carbocycles. The van der Waals surface area contributed by atoms with E-state index in [1.807, 2.05) is 12.1 Å². The smallest absolute Gasteiger partial charge is 0.370 e. The van der Waals surface area contributed by atoms with E-state index in [1.165, 1.54) is 6.07 Å². The van der Waals surface area contributed by atoms with Crippen molar-refractivity contribution in [3.63, 3.8) is 0 Å². The van der Waals surface area contributed by atoms with Crippen LogP contribution in [0.3, 0.4) is 0 Å². The standard InChI is InChI=1S/C24H26ClN2O4/c1-14-13-27(2)9-8-24(14,26)22-20(30-4)12-19(29-3)21-17(28)11-18(31-23(21)22)15-6-5-7-16(25)10-15/h5-7,10-12,14H,3,8-9,13,26H2,1-2,4H3/q+1/t14-,24?/m1/s1. The molecule has 0 radical (unpaired) electrons. The van der Waals surface area contributed by atoms with E-state index in [2.05, 4.69) is 25.7 Å². The highest BCUT2D eigenvalue weighted by Gasteiger charge is 2.43. The number of fused-ring (bicyclic) bond motifs is 1. The number of ether oxygens (including phenoxy) is 1. The Labute approximate surface area is 185 Å². The molecule has 2 heterocycles. The van der Waals surface area contributed by atoms with Gasteiger partial charge in [0.05, 0.1) is 24.3 Å². The molecule has 4 rings (SSSR count). The van der Waals surface area contributed by atoms with Crippen molar-refractivity contribution in [1.82, 2.24) is 4.90 Å². The Bertz CT molecular complexity index is 1220. The van der Waals surface area contributed by atoms with Crippen molar-refractivity contribution in [2.45, 2.75) is 18.9 Å². The van der Waals surface area contributed by atoms with Crippen LogP contribution in [0.5, 0.6) is 11.5 Å². The summed E-state index contributed by atoms with van der Waals surface area (Å²) in [5, 5.41) is 0.847. The molecule has 1 aromatic heterocycles. The summed E-state index contributed by atoms with van der Waals surface area (Å²) in [4.78, 5) is 15.5. The van der Waals surface area contributed by atoms with E-state index in [9.17, 15) is 4.79 Å². The van der Waals surface area contributed by atoms with Crippen molar-refractivity contribution in [1.29, 1.82) is 0 Å². The monoisotopic (exact) mass is 441 g/mol. The fourth-order valence-corrected chi connectivity index (χ4v) is 4.68. The maximum absolute atomic E-state index is 13.2. The van der Waals surface area contributed by atoms with E-state index < -0.39 is 5.54 Å². The molecule has 31 heavy (non-hydrogen) atoms. The fraction of sp³-hybridized carbons (Fsp3) is 0.333. The van der Waals surface area contributed by atoms with Crippen molar-refractivity contribution in [2.75, 3.05) is 27.2 Å². The number of nitrogens with zero attached hydrogens (tertiary/aromatic N) is 1. The molecule has 1 aliphatic rings. The third-order valence-electron chi connectivity index (χ3n) is 6.25. The maximum Gasteiger partial charge on any atom is 0.370 e. The van der Waals surface area contributed by atoms with Crippen LogP contribution < -0.4 is 15.9 Å². The molecule has 162 valence electrons. The molecule has 0 amide bonds. The zero-order chi connectivity index (χ0) is 22.3. The zero-order valence-corrected chi connectivity index (χ0v) is 18.7. The minimum Gasteiger partial charge on any atom is -0.496 e. The van der Waals surface area contributed by atoms with Crippen molar-refractivity contribution in [3.8, 4) is 22.8 Å². The number of halogens is 1. The first-order valence-corrected chi connectivity index (χ1v) is 10.5. The first-order chi connectivity index (χ1) is 14.8. The van der Waals surface area contributed by atoms with E-state index in [-0.39, 0.29) is 17.1 Å². The highest BCUT2D eigenvalue weighted by atomic mass is 35.5. The fourth-order valence-electron chi connectivity index (χ4n) is 4.49. The normalized spacial score (nSPS) is 21.9. The number of likely N-dealkylation sites (tertiary alicyclic amines) is 1. The van der Waals surface area contributed by atoms with Gasteiger partial charge in [0.2, 0.25) is 5.43 Å². The quantitative estimate of drug-likeness (QED) is 0.609. The van der Waals surface area contributed by atoms with Crippen LogP contribution in [-0.2, 0) is 9.96 Å². The number of hydrogen-bond donors (Lipinski definition) is 1. The molecule has 3 aromatic rings. The first kappa shape index (κ1) is 21.6. The Balaban J connectivity index is 2.09. The van der Waals surface area contributed by atoms with Gasteiger partial charge in [-0.25, -0.2) is 4.42 Å². The van der Waals surface area contributed by atoms with Crippen LogP contribution in [0.15, 0.2) is 45.6 Å². The molecule has 2 atom stereocenters. The molecule has 6 nitrogen and oxygen atoms in total. The van der Waals surface area contributed by atoms with Gasteiger partial charge < -0.3 is 19.8 Å². The van der Waals surface area contributed by atoms with Gasteiger partial charge in [-0.3, -0.25) is 4.79 Å². The molecule has 1 saturated heterocycles.